The number of carbonyl (C=O) groups is 1. The summed E-state index contributed by atoms with van der Waals surface area (Å²) in [6, 6.07) is 5.83. The number of amides is 1. The third kappa shape index (κ3) is 3.07. The first-order valence-corrected chi connectivity index (χ1v) is 9.83. The molecule has 0 spiro atoms. The fourth-order valence-electron chi connectivity index (χ4n) is 3.24. The van der Waals surface area contributed by atoms with Gasteiger partial charge in [0.25, 0.3) is 5.91 Å². The molecule has 1 amide bonds. The molecule has 9 heteroatoms. The van der Waals surface area contributed by atoms with E-state index < -0.39 is 0 Å². The molecule has 0 saturated heterocycles. The number of fused-ring (bicyclic) bond motifs is 1. The highest BCUT2D eigenvalue weighted by atomic mass is 32.1. The molecule has 0 N–H and O–H groups in total. The number of rotatable bonds is 5. The first kappa shape index (κ1) is 18.3. The summed E-state index contributed by atoms with van der Waals surface area (Å²) in [5.41, 5.74) is 4.17. The molecule has 4 aromatic heterocycles. The second-order valence-corrected chi connectivity index (χ2v) is 7.50. The van der Waals surface area contributed by atoms with Crippen LogP contribution in [0.3, 0.4) is 0 Å². The van der Waals surface area contributed by atoms with Crippen LogP contribution in [0, 0.1) is 13.8 Å². The second-order valence-electron chi connectivity index (χ2n) is 6.56. The molecule has 144 valence electrons. The molecule has 0 aliphatic carbocycles. The van der Waals surface area contributed by atoms with Gasteiger partial charge in [-0.15, -0.1) is 11.3 Å². The highest BCUT2D eigenvalue weighted by Gasteiger charge is 2.24. The van der Waals surface area contributed by atoms with Crippen LogP contribution in [0.2, 0.25) is 0 Å². The smallest absolute Gasteiger partial charge is 0.255 e. The van der Waals surface area contributed by atoms with Crippen molar-refractivity contribution in [2.24, 2.45) is 7.05 Å². The number of thiophene rings is 1. The number of aromatic nitrogens is 5. The van der Waals surface area contributed by atoms with Gasteiger partial charge >= 0.3 is 0 Å². The van der Waals surface area contributed by atoms with E-state index in [1.807, 2.05) is 51.4 Å². The maximum Gasteiger partial charge on any atom is 0.255 e. The molecule has 4 aromatic rings. The second kappa shape index (κ2) is 7.16. The van der Waals surface area contributed by atoms with Crippen LogP contribution in [-0.4, -0.2) is 42.4 Å². The lowest BCUT2D eigenvalue weighted by Gasteiger charge is -2.20. The molecule has 8 nitrogen and oxygen atoms in total. The van der Waals surface area contributed by atoms with Crippen LogP contribution in [0.1, 0.15) is 34.4 Å². The van der Waals surface area contributed by atoms with Gasteiger partial charge in [-0.1, -0.05) is 16.4 Å². The molecule has 0 bridgehead atoms. The Kier molecular flexibility index (Phi) is 4.68. The van der Waals surface area contributed by atoms with Gasteiger partial charge in [-0.25, -0.2) is 9.61 Å². The number of pyridine rings is 1. The third-order valence-corrected chi connectivity index (χ3v) is 5.62. The summed E-state index contributed by atoms with van der Waals surface area (Å²) in [4.78, 5) is 21.0. The maximum atomic E-state index is 13.5. The minimum atomic E-state index is -0.0915. The minimum Gasteiger partial charge on any atom is -0.333 e. The van der Waals surface area contributed by atoms with Crippen molar-refractivity contribution in [1.29, 1.82) is 0 Å². The Morgan fingerprint density at radius 2 is 2.11 bits per heavy atom. The quantitative estimate of drug-likeness (QED) is 0.514. The van der Waals surface area contributed by atoms with Gasteiger partial charge in [0.1, 0.15) is 11.4 Å². The van der Waals surface area contributed by atoms with E-state index in [1.54, 1.807) is 20.9 Å². The predicted octanol–water partition coefficient (Wildman–Crippen LogP) is 3.36. The number of hydrogen-bond donors (Lipinski definition) is 0. The van der Waals surface area contributed by atoms with E-state index in [0.29, 0.717) is 35.7 Å². The van der Waals surface area contributed by atoms with Gasteiger partial charge in [-0.05, 0) is 38.3 Å². The summed E-state index contributed by atoms with van der Waals surface area (Å²) in [6.45, 7) is 6.52. The van der Waals surface area contributed by atoms with Crippen LogP contribution in [0.5, 0.6) is 0 Å². The summed E-state index contributed by atoms with van der Waals surface area (Å²) in [6.07, 6.45) is 0. The van der Waals surface area contributed by atoms with Crippen molar-refractivity contribution in [3.8, 4) is 10.6 Å². The molecular formula is C19H20N6O2S. The van der Waals surface area contributed by atoms with Crippen molar-refractivity contribution in [2.45, 2.75) is 27.3 Å². The van der Waals surface area contributed by atoms with Gasteiger partial charge in [0.05, 0.1) is 33.8 Å². The summed E-state index contributed by atoms with van der Waals surface area (Å²) < 4.78 is 6.50. The normalized spacial score (nSPS) is 11.3. The predicted molar refractivity (Wildman–Crippen MR) is 106 cm³/mol. The summed E-state index contributed by atoms with van der Waals surface area (Å²) in [5, 5.41) is 15.0. The van der Waals surface area contributed by atoms with Gasteiger partial charge in [0.15, 0.2) is 5.65 Å². The average Bonchev–Trinajstić information content (AvgIpc) is 3.41. The molecule has 0 unspecified atom stereocenters. The molecule has 0 aliphatic heterocycles. The van der Waals surface area contributed by atoms with Crippen molar-refractivity contribution in [3.63, 3.8) is 0 Å². The zero-order valence-electron chi connectivity index (χ0n) is 16.1. The number of carbonyl (C=O) groups excluding carboxylic acids is 1. The van der Waals surface area contributed by atoms with Gasteiger partial charge in [0, 0.05) is 13.6 Å². The summed E-state index contributed by atoms with van der Waals surface area (Å²) >= 11 is 1.59. The van der Waals surface area contributed by atoms with Gasteiger partial charge in [-0.2, -0.15) is 5.10 Å². The number of nitrogens with zero attached hydrogens (tertiary/aromatic N) is 6. The van der Waals surface area contributed by atoms with E-state index in [4.69, 9.17) is 9.61 Å². The molecule has 0 fully saturated rings. The first-order chi connectivity index (χ1) is 13.5. The summed E-state index contributed by atoms with van der Waals surface area (Å²) in [5.74, 6) is -0.0915. The monoisotopic (exact) mass is 396 g/mol. The van der Waals surface area contributed by atoms with E-state index in [-0.39, 0.29) is 5.91 Å². The lowest BCUT2D eigenvalue weighted by Crippen LogP contribution is -2.31. The third-order valence-electron chi connectivity index (χ3n) is 4.73. The highest BCUT2D eigenvalue weighted by Crippen LogP contribution is 2.30. The summed E-state index contributed by atoms with van der Waals surface area (Å²) in [7, 11) is 1.84. The SMILES string of the molecule is CCN(Cc1nonc1C)C(=O)c1cc(-c2cccs2)nc2c1c(C)nn2C. The number of aryl methyl sites for hydroxylation is 3. The lowest BCUT2D eigenvalue weighted by molar-refractivity contribution is 0.0750. The molecule has 0 aromatic carbocycles. The maximum absolute atomic E-state index is 13.5. The lowest BCUT2D eigenvalue weighted by atomic mass is 10.1. The average molecular weight is 396 g/mol. The Labute approximate surface area is 165 Å². The highest BCUT2D eigenvalue weighted by molar-refractivity contribution is 7.13. The fraction of sp³-hybridized carbons (Fsp3) is 0.316. The van der Waals surface area contributed by atoms with E-state index in [0.717, 1.165) is 21.7 Å². The molecule has 4 heterocycles. The van der Waals surface area contributed by atoms with Crippen LogP contribution in [0.25, 0.3) is 21.6 Å². The zero-order chi connectivity index (χ0) is 19.8. The van der Waals surface area contributed by atoms with Crippen LogP contribution in [0.15, 0.2) is 28.2 Å². The molecular weight excluding hydrogens is 376 g/mol. The van der Waals surface area contributed by atoms with E-state index in [9.17, 15) is 4.79 Å². The van der Waals surface area contributed by atoms with Crippen molar-refractivity contribution < 1.29 is 9.42 Å². The van der Waals surface area contributed by atoms with Crippen molar-refractivity contribution in [2.75, 3.05) is 6.54 Å². The molecule has 4 rings (SSSR count). The Hall–Kier alpha value is -3.07. The van der Waals surface area contributed by atoms with Crippen LogP contribution in [0.4, 0.5) is 0 Å². The van der Waals surface area contributed by atoms with Gasteiger partial charge in [-0.3, -0.25) is 9.48 Å². The van der Waals surface area contributed by atoms with Crippen LogP contribution in [-0.2, 0) is 13.6 Å². The van der Waals surface area contributed by atoms with E-state index in [1.165, 1.54) is 0 Å². The van der Waals surface area contributed by atoms with E-state index >= 15 is 0 Å². The standard InChI is InChI=1S/C19H20N6O2S/c1-5-25(10-15-11(2)22-27-23-15)19(26)13-9-14(16-7-6-8-28-16)20-18-17(13)12(3)21-24(18)4/h6-9H,5,10H2,1-4H3. The minimum absolute atomic E-state index is 0.0915. The largest absolute Gasteiger partial charge is 0.333 e. The topological polar surface area (TPSA) is 89.9 Å². The van der Waals surface area contributed by atoms with Crippen molar-refractivity contribution in [1.82, 2.24) is 30.0 Å². The number of hydrogen-bond acceptors (Lipinski definition) is 7. The Bertz CT molecular complexity index is 1150. The Morgan fingerprint density at radius 1 is 1.29 bits per heavy atom. The first-order valence-electron chi connectivity index (χ1n) is 8.95. The molecule has 0 radical (unpaired) electrons. The van der Waals surface area contributed by atoms with E-state index in [2.05, 4.69) is 15.4 Å². The zero-order valence-corrected chi connectivity index (χ0v) is 16.9. The van der Waals surface area contributed by atoms with Gasteiger partial charge in [0.2, 0.25) is 0 Å². The fourth-order valence-corrected chi connectivity index (χ4v) is 3.92. The molecule has 0 aliphatic rings. The Morgan fingerprint density at radius 3 is 2.75 bits per heavy atom. The molecule has 0 saturated carbocycles. The molecule has 28 heavy (non-hydrogen) atoms. The van der Waals surface area contributed by atoms with Gasteiger partial charge < -0.3 is 4.90 Å². The van der Waals surface area contributed by atoms with Crippen molar-refractivity contribution in [3.05, 3.63) is 46.2 Å². The molecule has 0 atom stereocenters. The van der Waals surface area contributed by atoms with Crippen LogP contribution < -0.4 is 0 Å². The van der Waals surface area contributed by atoms with Crippen LogP contribution >= 0.6 is 11.3 Å². The van der Waals surface area contributed by atoms with Crippen molar-refractivity contribution >= 4 is 28.3 Å². The Balaban J connectivity index is 1.83.